The SMILES string of the molecule is O=C(c1cccc([N+](=O)[O-])c1)N(Cc1ccc(Cl)c(Cl)c1)N1C(=O)[C@@H]2C3c4ccccc4C(c4ccccc43)[C@@H]2C1=O. The van der Waals surface area contributed by atoms with Crippen LogP contribution < -0.4 is 0 Å². The molecule has 3 amide bonds. The predicted octanol–water partition coefficient (Wildman–Crippen LogP) is 6.35. The van der Waals surface area contributed by atoms with Crippen molar-refractivity contribution in [1.29, 1.82) is 0 Å². The molecule has 2 bridgehead atoms. The number of non-ortho nitro benzene ring substituents is 1. The number of benzene rings is 4. The lowest BCUT2D eigenvalue weighted by atomic mass is 9.55. The molecule has 1 saturated heterocycles. The van der Waals surface area contributed by atoms with Gasteiger partial charge in [-0.3, -0.25) is 24.5 Å². The van der Waals surface area contributed by atoms with Crippen LogP contribution in [0.15, 0.2) is 91.0 Å². The maximum atomic E-state index is 14.4. The van der Waals surface area contributed by atoms with Crippen LogP contribution in [0.2, 0.25) is 10.0 Å². The monoisotopic (exact) mass is 597 g/mol. The van der Waals surface area contributed by atoms with Gasteiger partial charge < -0.3 is 0 Å². The second-order valence-electron chi connectivity index (χ2n) is 10.7. The zero-order chi connectivity index (χ0) is 29.3. The number of carbonyl (C=O) groups excluding carboxylic acids is 3. The number of hydrogen-bond acceptors (Lipinski definition) is 5. The molecule has 8 rings (SSSR count). The van der Waals surface area contributed by atoms with Crippen molar-refractivity contribution in [3.8, 4) is 0 Å². The molecule has 0 saturated carbocycles. The lowest BCUT2D eigenvalue weighted by Crippen LogP contribution is -2.50. The Morgan fingerprint density at radius 3 is 1.81 bits per heavy atom. The van der Waals surface area contributed by atoms with Crippen molar-refractivity contribution in [2.45, 2.75) is 18.4 Å². The van der Waals surface area contributed by atoms with Crippen LogP contribution in [0.3, 0.4) is 0 Å². The summed E-state index contributed by atoms with van der Waals surface area (Å²) in [5, 5.41) is 14.1. The summed E-state index contributed by atoms with van der Waals surface area (Å²) in [5.74, 6) is -3.82. The van der Waals surface area contributed by atoms with Crippen LogP contribution in [0.5, 0.6) is 0 Å². The lowest BCUT2D eigenvalue weighted by molar-refractivity contribution is -0.384. The van der Waals surface area contributed by atoms with Crippen LogP contribution in [0.1, 0.15) is 50.0 Å². The third kappa shape index (κ3) is 3.86. The highest BCUT2D eigenvalue weighted by Gasteiger charge is 2.63. The van der Waals surface area contributed by atoms with E-state index in [2.05, 4.69) is 0 Å². The highest BCUT2D eigenvalue weighted by molar-refractivity contribution is 6.42. The van der Waals surface area contributed by atoms with Crippen molar-refractivity contribution < 1.29 is 19.3 Å². The van der Waals surface area contributed by atoms with Crippen LogP contribution in [0.25, 0.3) is 0 Å². The molecule has 4 aliphatic rings. The van der Waals surface area contributed by atoms with Crippen molar-refractivity contribution in [3.63, 3.8) is 0 Å². The van der Waals surface area contributed by atoms with Gasteiger partial charge in [-0.2, -0.15) is 5.01 Å². The van der Waals surface area contributed by atoms with Gasteiger partial charge in [-0.05, 0) is 46.0 Å². The summed E-state index contributed by atoms with van der Waals surface area (Å²) in [6, 6.07) is 25.7. The first-order valence-electron chi connectivity index (χ1n) is 13.3. The number of carbonyl (C=O) groups is 3. The van der Waals surface area contributed by atoms with Gasteiger partial charge in [0.05, 0.1) is 33.3 Å². The van der Waals surface area contributed by atoms with E-state index in [4.69, 9.17) is 23.2 Å². The lowest BCUT2D eigenvalue weighted by Gasteiger charge is -2.45. The first-order chi connectivity index (χ1) is 20.3. The number of nitro groups is 1. The molecule has 1 heterocycles. The molecule has 3 aliphatic carbocycles. The second kappa shape index (κ2) is 9.79. The molecule has 10 heteroatoms. The van der Waals surface area contributed by atoms with Gasteiger partial charge in [-0.1, -0.05) is 83.9 Å². The molecule has 0 aromatic heterocycles. The van der Waals surface area contributed by atoms with E-state index in [1.807, 2.05) is 48.5 Å². The summed E-state index contributed by atoms with van der Waals surface area (Å²) in [5.41, 5.74) is 4.23. The van der Waals surface area contributed by atoms with Gasteiger partial charge in [0.25, 0.3) is 23.4 Å². The van der Waals surface area contributed by atoms with Gasteiger partial charge in [0.1, 0.15) is 0 Å². The third-order valence-corrected chi connectivity index (χ3v) is 9.26. The molecule has 2 atom stereocenters. The van der Waals surface area contributed by atoms with E-state index in [0.29, 0.717) is 10.6 Å². The number of amides is 3. The molecular formula is C32H21Cl2N3O5. The average Bonchev–Trinajstić information content (AvgIpc) is 3.27. The van der Waals surface area contributed by atoms with E-state index < -0.39 is 34.5 Å². The Morgan fingerprint density at radius 1 is 0.762 bits per heavy atom. The van der Waals surface area contributed by atoms with E-state index in [9.17, 15) is 24.5 Å². The molecular weight excluding hydrogens is 577 g/mol. The third-order valence-electron chi connectivity index (χ3n) is 8.52. The zero-order valence-electron chi connectivity index (χ0n) is 21.8. The Labute approximate surface area is 250 Å². The fourth-order valence-electron chi connectivity index (χ4n) is 6.85. The number of imide groups is 1. The van der Waals surface area contributed by atoms with Crippen molar-refractivity contribution in [2.24, 2.45) is 11.8 Å². The number of hydrogen-bond donors (Lipinski definition) is 0. The first-order valence-corrected chi connectivity index (χ1v) is 14.1. The van der Waals surface area contributed by atoms with E-state index >= 15 is 0 Å². The highest BCUT2D eigenvalue weighted by Crippen LogP contribution is 2.61. The van der Waals surface area contributed by atoms with E-state index in [-0.39, 0.29) is 34.7 Å². The van der Waals surface area contributed by atoms with Crippen LogP contribution in [-0.2, 0) is 16.1 Å². The molecule has 1 fully saturated rings. The minimum absolute atomic E-state index is 0.0331. The minimum atomic E-state index is -0.729. The van der Waals surface area contributed by atoms with Gasteiger partial charge in [-0.25, -0.2) is 5.01 Å². The molecule has 4 aromatic rings. The summed E-state index contributed by atoms with van der Waals surface area (Å²) in [7, 11) is 0. The summed E-state index contributed by atoms with van der Waals surface area (Å²) < 4.78 is 0. The quantitative estimate of drug-likeness (QED) is 0.151. The fourth-order valence-corrected chi connectivity index (χ4v) is 7.17. The van der Waals surface area contributed by atoms with Crippen molar-refractivity contribution >= 4 is 46.6 Å². The maximum absolute atomic E-state index is 14.4. The topological polar surface area (TPSA) is 101 Å². The average molecular weight is 598 g/mol. The van der Waals surface area contributed by atoms with Crippen molar-refractivity contribution in [1.82, 2.24) is 10.0 Å². The second-order valence-corrected chi connectivity index (χ2v) is 11.5. The Kier molecular flexibility index (Phi) is 6.15. The van der Waals surface area contributed by atoms with Crippen molar-refractivity contribution in [3.05, 3.63) is 145 Å². The number of nitrogens with zero attached hydrogens (tertiary/aromatic N) is 3. The first kappa shape index (κ1) is 26.4. The van der Waals surface area contributed by atoms with E-state index in [0.717, 1.165) is 38.3 Å². The number of halogens is 2. The van der Waals surface area contributed by atoms with Gasteiger partial charge in [0.2, 0.25) is 0 Å². The Balaban J connectivity index is 1.35. The number of hydrazine groups is 1. The normalized spacial score (nSPS) is 21.5. The van der Waals surface area contributed by atoms with Gasteiger partial charge in [-0.15, -0.1) is 0 Å². The van der Waals surface area contributed by atoms with Crippen molar-refractivity contribution in [2.75, 3.05) is 0 Å². The molecule has 1 aliphatic heterocycles. The Morgan fingerprint density at radius 2 is 1.31 bits per heavy atom. The molecule has 42 heavy (non-hydrogen) atoms. The summed E-state index contributed by atoms with van der Waals surface area (Å²) in [6.45, 7) is -0.190. The minimum Gasteiger partial charge on any atom is -0.272 e. The molecule has 4 aromatic carbocycles. The molecule has 0 radical (unpaired) electrons. The summed E-state index contributed by atoms with van der Waals surface area (Å²) >= 11 is 12.4. The zero-order valence-corrected chi connectivity index (χ0v) is 23.3. The summed E-state index contributed by atoms with van der Waals surface area (Å²) in [6.07, 6.45) is 0. The number of nitro benzene ring substituents is 1. The fraction of sp³-hybridized carbons (Fsp3) is 0.156. The number of rotatable bonds is 5. The van der Waals surface area contributed by atoms with E-state index in [1.165, 1.54) is 18.2 Å². The molecule has 208 valence electrons. The maximum Gasteiger partial charge on any atom is 0.273 e. The van der Waals surface area contributed by atoms with Crippen LogP contribution in [0, 0.1) is 22.0 Å². The largest absolute Gasteiger partial charge is 0.273 e. The van der Waals surface area contributed by atoms with Crippen LogP contribution in [0.4, 0.5) is 5.69 Å². The van der Waals surface area contributed by atoms with Gasteiger partial charge in [0, 0.05) is 29.5 Å². The summed E-state index contributed by atoms with van der Waals surface area (Å²) in [4.78, 5) is 53.7. The smallest absolute Gasteiger partial charge is 0.272 e. The van der Waals surface area contributed by atoms with Gasteiger partial charge in [0.15, 0.2) is 0 Å². The molecule has 8 nitrogen and oxygen atoms in total. The predicted molar refractivity (Wildman–Crippen MR) is 155 cm³/mol. The molecule has 0 spiro atoms. The van der Waals surface area contributed by atoms with Crippen LogP contribution >= 0.6 is 23.2 Å². The van der Waals surface area contributed by atoms with E-state index in [1.54, 1.807) is 18.2 Å². The van der Waals surface area contributed by atoms with Gasteiger partial charge >= 0.3 is 0 Å². The standard InChI is InChI=1S/C32H21Cl2N3O5/c33-24-13-12-17(14-25(24)34)16-35(30(38)18-6-5-7-19(15-18)37(41)42)36-31(39)28-26-20-8-1-2-9-21(20)27(29(28)32(36)40)23-11-4-3-10-22(23)26/h1-15,26-29H,16H2/t26?,27?,28-,29+. The molecule has 0 unspecified atom stereocenters. The molecule has 0 N–H and O–H groups in total. The van der Waals surface area contributed by atoms with Crippen LogP contribution in [-0.4, -0.2) is 32.7 Å². The highest BCUT2D eigenvalue weighted by atomic mass is 35.5. The Hall–Kier alpha value is -4.53. The Bertz CT molecular complexity index is 1730.